The van der Waals surface area contributed by atoms with Crippen LogP contribution in [0, 0.1) is 166 Å². The van der Waals surface area contributed by atoms with Gasteiger partial charge in [0.25, 0.3) is 0 Å². The number of aryl methyl sites for hydroxylation is 24. The van der Waals surface area contributed by atoms with Gasteiger partial charge in [-0.3, -0.25) is 0 Å². The molecule has 0 aromatic heterocycles. The first-order valence-electron chi connectivity index (χ1n) is 51.7. The van der Waals surface area contributed by atoms with E-state index in [1.165, 1.54) is 267 Å². The molecule has 0 unspecified atom stereocenters. The lowest BCUT2D eigenvalue weighted by Gasteiger charge is -2.34. The Bertz CT molecular complexity index is 5160. The van der Waals surface area contributed by atoms with Crippen LogP contribution >= 0.6 is 0 Å². The molecule has 1 nitrogen and oxygen atoms in total. The highest BCUT2D eigenvalue weighted by molar-refractivity contribution is 5.63. The number of unbranched alkanes of at least 4 members (excludes halogenated alkanes) is 1. The number of fused-ring (bicyclic) bond motifs is 24. The minimum atomic E-state index is 0.158. The zero-order valence-electron chi connectivity index (χ0n) is 85.1. The van der Waals surface area contributed by atoms with E-state index in [9.17, 15) is 0 Å². The molecule has 0 spiro atoms. The first-order valence-corrected chi connectivity index (χ1v) is 51.7. The topological polar surface area (TPSA) is 20.2 Å². The highest BCUT2D eigenvalue weighted by atomic mass is 16.3. The third-order valence-corrected chi connectivity index (χ3v) is 35.3. The summed E-state index contributed by atoms with van der Waals surface area (Å²) in [6.07, 6.45) is 21.1. The summed E-state index contributed by atoms with van der Waals surface area (Å²) in [6, 6.07) is 66.5. The Balaban J connectivity index is 0.00000225. The maximum absolute atomic E-state index is 8.07. The van der Waals surface area contributed by atoms with Crippen molar-refractivity contribution in [2.75, 3.05) is 6.61 Å². The van der Waals surface area contributed by atoms with Crippen LogP contribution in [0.15, 0.2) is 146 Å². The summed E-state index contributed by atoms with van der Waals surface area (Å²) in [5.74, 6) is 1.90. The van der Waals surface area contributed by atoms with Crippen molar-refractivity contribution in [1.29, 1.82) is 0 Å². The first-order chi connectivity index (χ1) is 62.8. The molecular weight excluding hydrogens is 1580 g/mol. The van der Waals surface area contributed by atoms with E-state index in [0.29, 0.717) is 6.61 Å². The average Bonchev–Trinajstić information content (AvgIpc) is 0.753. The Morgan fingerprint density at radius 2 is 0.221 bits per heavy atom. The summed E-state index contributed by atoms with van der Waals surface area (Å²) < 4.78 is 0. The van der Waals surface area contributed by atoms with Gasteiger partial charge in [0, 0.05) is 77.6 Å². The minimum Gasteiger partial charge on any atom is -0.396 e. The third kappa shape index (κ3) is 16.9. The zero-order valence-corrected chi connectivity index (χ0v) is 85.1. The number of rotatable bonds is 2. The van der Waals surface area contributed by atoms with Crippen LogP contribution in [0.25, 0.3) is 0 Å². The number of hydrogen-bond acceptors (Lipinski definition) is 1. The smallest absolute Gasteiger partial charge is 0.0430 e. The molecule has 1 heteroatoms. The molecule has 0 heterocycles. The van der Waals surface area contributed by atoms with Gasteiger partial charge in [-0.25, -0.2) is 0 Å². The Morgan fingerprint density at radius 1 is 0.145 bits per heavy atom. The second-order valence-electron chi connectivity index (χ2n) is 44.1. The molecule has 0 saturated carbocycles. The summed E-state index contributed by atoms with van der Waals surface area (Å²) in [5.41, 5.74) is 71.3. The number of benzene rings is 12. The van der Waals surface area contributed by atoms with Gasteiger partial charge in [0.05, 0.1) is 0 Å². The fourth-order valence-electron chi connectivity index (χ4n) is 28.7. The Kier molecular flexibility index (Phi) is 26.1. The summed E-state index contributed by atoms with van der Waals surface area (Å²) in [4.78, 5) is 0. The van der Waals surface area contributed by atoms with E-state index in [1.54, 1.807) is 0 Å². The van der Waals surface area contributed by atoms with Gasteiger partial charge in [0.2, 0.25) is 0 Å². The van der Waals surface area contributed by atoms with E-state index < -0.39 is 0 Å². The summed E-state index contributed by atoms with van der Waals surface area (Å²) in [5, 5.41) is 8.07. The lowest BCUT2D eigenvalue weighted by Crippen LogP contribution is -2.18. The van der Waals surface area contributed by atoms with Gasteiger partial charge in [0.15, 0.2) is 0 Å². The molecule has 1 N–H and O–H groups in total. The molecule has 12 aromatic rings. The van der Waals surface area contributed by atoms with Crippen LogP contribution in [-0.2, 0) is 0 Å². The molecule has 0 aliphatic heterocycles. The molecule has 7 aliphatic carbocycles. The molecule has 0 fully saturated rings. The highest BCUT2D eigenvalue weighted by Gasteiger charge is 2.39. The van der Waals surface area contributed by atoms with Crippen molar-refractivity contribution in [3.05, 3.63) is 413 Å². The molecule has 0 saturated heterocycles. The van der Waals surface area contributed by atoms with Crippen molar-refractivity contribution in [1.82, 2.24) is 0 Å². The second kappa shape index (κ2) is 37.1. The molecule has 131 heavy (non-hydrogen) atoms. The minimum absolute atomic E-state index is 0.158. The lowest BCUT2D eigenvalue weighted by molar-refractivity contribution is 0.287. The van der Waals surface area contributed by atoms with E-state index in [0.717, 1.165) is 128 Å². The van der Waals surface area contributed by atoms with Gasteiger partial charge in [0.1, 0.15) is 0 Å². The van der Waals surface area contributed by atoms with Crippen LogP contribution < -0.4 is 0 Å². The molecule has 12 aromatic carbocycles. The van der Waals surface area contributed by atoms with Crippen molar-refractivity contribution in [3.63, 3.8) is 0 Å². The fourth-order valence-corrected chi connectivity index (χ4v) is 28.7. The van der Waals surface area contributed by atoms with Crippen molar-refractivity contribution in [3.8, 4) is 0 Å². The Morgan fingerprint density at radius 3 is 0.275 bits per heavy atom. The summed E-state index contributed by atoms with van der Waals surface area (Å²) in [6.45, 7) is 62.6. The fraction of sp³-hybridized carbons (Fsp3) is 0.446. The van der Waals surface area contributed by atoms with E-state index in [-0.39, 0.29) is 71.0 Å². The van der Waals surface area contributed by atoms with Gasteiger partial charge in [-0.15, -0.1) is 0 Å². The van der Waals surface area contributed by atoms with Crippen LogP contribution in [0.5, 0.6) is 0 Å². The third-order valence-electron chi connectivity index (χ3n) is 35.3. The molecule has 0 atom stereocenters. The molecule has 0 amide bonds. The van der Waals surface area contributed by atoms with E-state index in [4.69, 9.17) is 5.11 Å². The quantitative estimate of drug-likeness (QED) is 0.183. The second-order valence-corrected chi connectivity index (χ2v) is 44.1. The van der Waals surface area contributed by atoms with Crippen molar-refractivity contribution >= 4 is 0 Å². The largest absolute Gasteiger partial charge is 0.396 e. The van der Waals surface area contributed by atoms with Gasteiger partial charge < -0.3 is 5.11 Å². The van der Waals surface area contributed by atoms with Crippen LogP contribution in [0.4, 0.5) is 0 Å². The number of aliphatic hydroxyl groups is 1. The van der Waals surface area contributed by atoms with Crippen LogP contribution in [0.1, 0.15) is 473 Å². The van der Waals surface area contributed by atoms with Crippen molar-refractivity contribution in [2.24, 2.45) is 0 Å². The van der Waals surface area contributed by atoms with Crippen LogP contribution in [0.3, 0.4) is 0 Å². The van der Waals surface area contributed by atoms with Crippen molar-refractivity contribution < 1.29 is 5.11 Å². The molecule has 0 radical (unpaired) electrons. The highest BCUT2D eigenvalue weighted by Crippen LogP contribution is 2.56. The molecular formula is C130H154O. The first kappa shape index (κ1) is 92.1. The normalized spacial score (nSPS) is 22.1. The molecule has 19 rings (SSSR count). The maximum atomic E-state index is 8.07. The Labute approximate surface area is 791 Å². The summed E-state index contributed by atoms with van der Waals surface area (Å²) in [7, 11) is 0. The predicted octanol–water partition coefficient (Wildman–Crippen LogP) is 34.9. The zero-order chi connectivity index (χ0) is 92.5. The van der Waals surface area contributed by atoms with Crippen molar-refractivity contribution in [2.45, 2.75) is 373 Å². The van der Waals surface area contributed by atoms with E-state index in [1.807, 2.05) is 0 Å². The summed E-state index contributed by atoms with van der Waals surface area (Å²) >= 11 is 0. The average molecular weight is 1730 g/mol. The molecule has 7 aliphatic rings. The van der Waals surface area contributed by atoms with Gasteiger partial charge >= 0.3 is 0 Å². The van der Waals surface area contributed by atoms with Crippen LogP contribution in [0.2, 0.25) is 0 Å². The maximum Gasteiger partial charge on any atom is 0.0430 e. The van der Waals surface area contributed by atoms with Gasteiger partial charge in [-0.1, -0.05) is 197 Å². The number of hydrogen-bond donors (Lipinski definition) is 1. The SMILES string of the molecule is CCCCO.Cc1cc(C)c2cc1C1CCCC3c4cc(c(C)cc4C)C4CCCC5c6cc(c(C)cc6C)C6CCCC2c2cc(c(C)cc2C)[C@H]2CCC[C@@H](c7cc1c(C)cc7C)c1cc(c(C)cc1C)[C@H](CCC[C@@H](c1cc4c(C)cc1C)c1cc(c(C)cc1C)[C@H](CCC[C@@H](c1cc6c(C)cc1C)c1cc2c(C)cc1C)c1cc5c(C)cc1C)c1cc3c(C)cc1C. The predicted molar refractivity (Wildman–Crippen MR) is 558 cm³/mol. The molecule has 680 valence electrons. The number of aliphatic hydroxyl groups excluding tert-OH is 1. The molecule has 36 bridgehead atoms. The van der Waals surface area contributed by atoms with E-state index >= 15 is 0 Å². The monoisotopic (exact) mass is 1730 g/mol. The standard InChI is InChI=1S/C126H144.C4H10O/c1-67-43-68(2)104-55-103(67)91-31-25-32-93-105-56-107(71(5)44-69(105)3)96-37-28-38-99-112-59-110(74(8)47-76(112)10)98(120-63-119(93)83(17)51-84(120)18)39-29-40-101-113-60-114(78(12)48-77(113)11)102(126-66-125(99)89(23)54-90(126)24)42-30-41-100-111-58-109(73(7)46-75(111)9)97(123-65-124(101)88(22)53-87(123)21)36-27-35-94(116-61-115(91)79(13)49-80(116)14)106-57-108(72(6)45-70(106)4)95(121-64-122(100)86(20)52-85(121)19)34-26-33-92(104)117-62-118(96)82(16)50-81(117)15;1-2-3-4-5/h43-66,91-102H,25-42H2,1-24H3;5H,2-4H2,1H3/t91-,92?,93+,94+,95?,96?,97-,98-,99?,100?,101+,102?;. The van der Waals surface area contributed by atoms with Gasteiger partial charge in [-0.2, -0.15) is 0 Å². The van der Waals surface area contributed by atoms with Gasteiger partial charge in [-0.05, 0) is 517 Å². The van der Waals surface area contributed by atoms with Crippen LogP contribution in [-0.4, -0.2) is 11.7 Å². The lowest BCUT2D eigenvalue weighted by atomic mass is 9.70. The Hall–Kier alpha value is -9.40. The van der Waals surface area contributed by atoms with E-state index in [2.05, 4.69) is 319 Å².